The zero-order chi connectivity index (χ0) is 25.7. The summed E-state index contributed by atoms with van der Waals surface area (Å²) in [6, 6.07) is 21.3. The first-order valence-corrected chi connectivity index (χ1v) is 12.1. The minimum Gasteiger partial charge on any atom is -0.346 e. The van der Waals surface area contributed by atoms with E-state index in [-0.39, 0.29) is 29.7 Å². The van der Waals surface area contributed by atoms with Gasteiger partial charge in [-0.25, -0.2) is 4.98 Å². The molecule has 0 aliphatic carbocycles. The molecule has 0 spiro atoms. The van der Waals surface area contributed by atoms with Crippen molar-refractivity contribution >= 4 is 40.2 Å². The average molecular weight is 498 g/mol. The minimum atomic E-state index is -0.370. The largest absolute Gasteiger partial charge is 0.346 e. The number of carbonyl (C=O) groups excluding carboxylic acids is 2. The average Bonchev–Trinajstić information content (AvgIpc) is 2.88. The maximum Gasteiger partial charge on any atom is 0.266 e. The highest BCUT2D eigenvalue weighted by Gasteiger charge is 2.16. The Morgan fingerprint density at radius 1 is 0.972 bits per heavy atom. The zero-order valence-electron chi connectivity index (χ0n) is 19.7. The second-order valence-corrected chi connectivity index (χ2v) is 9.03. The number of fused-ring (bicyclic) bond motifs is 1. The number of nitrogens with one attached hydrogen (secondary N) is 2. The van der Waals surface area contributed by atoms with Crippen molar-refractivity contribution in [1.29, 1.82) is 5.26 Å². The fraction of sp³-hybridized carbons (Fsp3) is 0.148. The lowest BCUT2D eigenvalue weighted by atomic mass is 10.1. The van der Waals surface area contributed by atoms with Crippen molar-refractivity contribution in [2.45, 2.75) is 19.0 Å². The molecule has 1 aromatic heterocycles. The fourth-order valence-electron chi connectivity index (χ4n) is 3.68. The Labute approximate surface area is 212 Å². The summed E-state index contributed by atoms with van der Waals surface area (Å²) in [6.07, 6.45) is 0. The Morgan fingerprint density at radius 3 is 2.36 bits per heavy atom. The van der Waals surface area contributed by atoms with Crippen LogP contribution in [0.1, 0.15) is 16.7 Å². The molecule has 0 radical (unpaired) electrons. The predicted molar refractivity (Wildman–Crippen MR) is 140 cm³/mol. The molecule has 3 aromatic carbocycles. The molecule has 4 rings (SSSR count). The van der Waals surface area contributed by atoms with Gasteiger partial charge in [0.1, 0.15) is 0 Å². The van der Waals surface area contributed by atoms with Crippen molar-refractivity contribution in [3.05, 3.63) is 93.8 Å². The molecule has 0 atom stereocenters. The number of hydrogen-bond donors (Lipinski definition) is 2. The number of thioether (sulfide) groups is 1. The van der Waals surface area contributed by atoms with Crippen molar-refractivity contribution < 1.29 is 9.59 Å². The number of carbonyl (C=O) groups is 2. The molecule has 0 aliphatic rings. The van der Waals surface area contributed by atoms with Crippen LogP contribution >= 0.6 is 11.8 Å². The number of rotatable bonds is 7. The number of amides is 2. The number of aromatic nitrogens is 2. The summed E-state index contributed by atoms with van der Waals surface area (Å²) >= 11 is 1.09. The second kappa shape index (κ2) is 10.9. The third-order valence-corrected chi connectivity index (χ3v) is 6.46. The van der Waals surface area contributed by atoms with Crippen LogP contribution in [0.5, 0.6) is 0 Å². The van der Waals surface area contributed by atoms with Gasteiger partial charge in [-0.3, -0.25) is 19.0 Å². The van der Waals surface area contributed by atoms with Crippen molar-refractivity contribution in [1.82, 2.24) is 14.9 Å². The number of aryl methyl sites for hydroxylation is 2. The van der Waals surface area contributed by atoms with E-state index in [1.807, 2.05) is 32.0 Å². The van der Waals surface area contributed by atoms with Crippen LogP contribution in [0.25, 0.3) is 16.6 Å². The summed E-state index contributed by atoms with van der Waals surface area (Å²) in [4.78, 5) is 42.8. The van der Waals surface area contributed by atoms with Crippen LogP contribution in [0.2, 0.25) is 0 Å². The maximum absolute atomic E-state index is 13.3. The standard InChI is InChI=1S/C27H23N5O3S/c1-17-6-5-7-18(2)25(17)31-23(33)15-29-24(34)16-36-27-30-22-9-4-3-8-21(22)26(35)32(27)20-12-10-19(14-28)11-13-20/h3-13H,15-16H2,1-2H3,(H,29,34)(H,31,33). The molecule has 0 saturated carbocycles. The van der Waals surface area contributed by atoms with Gasteiger partial charge in [-0.2, -0.15) is 5.26 Å². The van der Waals surface area contributed by atoms with Gasteiger partial charge in [0.2, 0.25) is 11.8 Å². The number of nitriles is 1. The summed E-state index contributed by atoms with van der Waals surface area (Å²) in [5, 5.41) is 15.3. The first-order chi connectivity index (χ1) is 17.4. The van der Waals surface area contributed by atoms with Gasteiger partial charge in [0.15, 0.2) is 5.16 Å². The minimum absolute atomic E-state index is 0.0439. The molecule has 2 amide bonds. The topological polar surface area (TPSA) is 117 Å². The lowest BCUT2D eigenvalue weighted by molar-refractivity contribution is -0.122. The molecule has 2 N–H and O–H groups in total. The van der Waals surface area contributed by atoms with E-state index in [1.165, 1.54) is 4.57 Å². The maximum atomic E-state index is 13.3. The normalized spacial score (nSPS) is 10.6. The lowest BCUT2D eigenvalue weighted by Crippen LogP contribution is -2.34. The van der Waals surface area contributed by atoms with E-state index in [2.05, 4.69) is 21.7 Å². The Kier molecular flexibility index (Phi) is 7.47. The van der Waals surface area contributed by atoms with Gasteiger partial charge in [-0.15, -0.1) is 0 Å². The van der Waals surface area contributed by atoms with Crippen molar-refractivity contribution in [2.24, 2.45) is 0 Å². The molecular weight excluding hydrogens is 474 g/mol. The van der Waals surface area contributed by atoms with Crippen LogP contribution in [0.15, 0.2) is 76.7 Å². The molecule has 1 heterocycles. The van der Waals surface area contributed by atoms with Crippen LogP contribution in [0.3, 0.4) is 0 Å². The lowest BCUT2D eigenvalue weighted by Gasteiger charge is -2.14. The molecule has 4 aromatic rings. The van der Waals surface area contributed by atoms with Gasteiger partial charge in [0.05, 0.1) is 40.5 Å². The van der Waals surface area contributed by atoms with Gasteiger partial charge in [-0.05, 0) is 61.4 Å². The van der Waals surface area contributed by atoms with Crippen LogP contribution < -0.4 is 16.2 Å². The van der Waals surface area contributed by atoms with Crippen LogP contribution in [-0.4, -0.2) is 33.7 Å². The number of hydrogen-bond acceptors (Lipinski definition) is 6. The zero-order valence-corrected chi connectivity index (χ0v) is 20.6. The summed E-state index contributed by atoms with van der Waals surface area (Å²) in [7, 11) is 0. The SMILES string of the molecule is Cc1cccc(C)c1NC(=O)CNC(=O)CSc1nc2ccccc2c(=O)n1-c1ccc(C#N)cc1. The molecule has 9 heteroatoms. The molecule has 0 saturated heterocycles. The molecule has 0 unspecified atom stereocenters. The Bertz CT molecular complexity index is 1530. The van der Waals surface area contributed by atoms with Crippen LogP contribution in [-0.2, 0) is 9.59 Å². The van der Waals surface area contributed by atoms with Crippen molar-refractivity contribution in [3.63, 3.8) is 0 Å². The van der Waals surface area contributed by atoms with Gasteiger partial charge in [0, 0.05) is 5.69 Å². The smallest absolute Gasteiger partial charge is 0.266 e. The monoisotopic (exact) mass is 497 g/mol. The third kappa shape index (κ3) is 5.45. The molecule has 0 fully saturated rings. The molecule has 8 nitrogen and oxygen atoms in total. The highest BCUT2D eigenvalue weighted by molar-refractivity contribution is 7.99. The van der Waals surface area contributed by atoms with Gasteiger partial charge in [-0.1, -0.05) is 42.1 Å². The van der Waals surface area contributed by atoms with Crippen LogP contribution in [0.4, 0.5) is 5.69 Å². The van der Waals surface area contributed by atoms with E-state index in [0.29, 0.717) is 27.3 Å². The van der Waals surface area contributed by atoms with Crippen LogP contribution in [0, 0.1) is 25.2 Å². The number of nitrogens with zero attached hydrogens (tertiary/aromatic N) is 3. The van der Waals surface area contributed by atoms with E-state index in [4.69, 9.17) is 5.26 Å². The molecule has 180 valence electrons. The van der Waals surface area contributed by atoms with E-state index < -0.39 is 0 Å². The number of para-hydroxylation sites is 2. The van der Waals surface area contributed by atoms with Gasteiger partial charge < -0.3 is 10.6 Å². The summed E-state index contributed by atoms with van der Waals surface area (Å²) in [6.45, 7) is 3.63. The van der Waals surface area contributed by atoms with Crippen molar-refractivity contribution in [2.75, 3.05) is 17.6 Å². The van der Waals surface area contributed by atoms with E-state index >= 15 is 0 Å². The highest BCUT2D eigenvalue weighted by atomic mass is 32.2. The number of benzene rings is 3. The first-order valence-electron chi connectivity index (χ1n) is 11.2. The van der Waals surface area contributed by atoms with E-state index in [9.17, 15) is 14.4 Å². The van der Waals surface area contributed by atoms with Crippen molar-refractivity contribution in [3.8, 4) is 11.8 Å². The Balaban J connectivity index is 1.49. The molecule has 0 aliphatic heterocycles. The van der Waals surface area contributed by atoms with E-state index in [1.54, 1.807) is 48.5 Å². The predicted octanol–water partition coefficient (Wildman–Crippen LogP) is 3.72. The Morgan fingerprint density at radius 2 is 1.67 bits per heavy atom. The molecule has 0 bridgehead atoms. The van der Waals surface area contributed by atoms with E-state index in [0.717, 1.165) is 28.6 Å². The van der Waals surface area contributed by atoms with Gasteiger partial charge in [0.25, 0.3) is 5.56 Å². The Hall–Kier alpha value is -4.42. The second-order valence-electron chi connectivity index (χ2n) is 8.09. The highest BCUT2D eigenvalue weighted by Crippen LogP contribution is 2.22. The summed E-state index contributed by atoms with van der Waals surface area (Å²) < 4.78 is 1.43. The quantitative estimate of drug-likeness (QED) is 0.297. The molecule has 36 heavy (non-hydrogen) atoms. The third-order valence-electron chi connectivity index (χ3n) is 5.52. The fourth-order valence-corrected chi connectivity index (χ4v) is 4.52. The molecular formula is C27H23N5O3S. The summed E-state index contributed by atoms with van der Waals surface area (Å²) in [5.41, 5.74) is 3.85. The summed E-state index contributed by atoms with van der Waals surface area (Å²) in [5.74, 6) is -0.743. The van der Waals surface area contributed by atoms with Gasteiger partial charge >= 0.3 is 0 Å². The first kappa shape index (κ1) is 24.7. The number of anilines is 1.